The van der Waals surface area contributed by atoms with Crippen LogP contribution in [0.3, 0.4) is 0 Å². The van der Waals surface area contributed by atoms with Crippen molar-refractivity contribution < 1.29 is 0 Å². The van der Waals surface area contributed by atoms with Crippen molar-refractivity contribution in [3.8, 4) is 22.8 Å². The summed E-state index contributed by atoms with van der Waals surface area (Å²) in [5, 5.41) is 8.55. The quantitative estimate of drug-likeness (QED) is 0.500. The molecule has 30 heavy (non-hydrogen) atoms. The maximum Gasteiger partial charge on any atom is 0.111 e. The molecule has 0 saturated carbocycles. The van der Waals surface area contributed by atoms with Gasteiger partial charge in [-0.15, -0.1) is 10.2 Å². The van der Waals surface area contributed by atoms with Crippen LogP contribution < -0.4 is 11.5 Å². The Morgan fingerprint density at radius 2 is 1.17 bits per heavy atom. The molecule has 146 valence electrons. The molecular weight excluding hydrogens is 374 g/mol. The molecule has 7 heteroatoms. The lowest BCUT2D eigenvalue weighted by atomic mass is 10.2. The summed E-state index contributed by atoms with van der Waals surface area (Å²) >= 11 is 0. The van der Waals surface area contributed by atoms with Crippen molar-refractivity contribution >= 4 is 11.4 Å². The van der Waals surface area contributed by atoms with Crippen LogP contribution in [-0.4, -0.2) is 25.1 Å². The van der Waals surface area contributed by atoms with Gasteiger partial charge in [-0.25, -0.2) is 4.98 Å². The van der Waals surface area contributed by atoms with E-state index in [1.165, 1.54) is 0 Å². The topological polar surface area (TPSA) is 116 Å². The number of allylic oxidation sites excluding steroid dienone is 2. The van der Waals surface area contributed by atoms with Gasteiger partial charge in [0.25, 0.3) is 0 Å². The van der Waals surface area contributed by atoms with E-state index in [2.05, 4.69) is 25.1 Å². The second kappa shape index (κ2) is 8.74. The number of nitrogens with zero attached hydrogens (tertiary/aromatic N) is 5. The Hall–Kier alpha value is -4.39. The van der Waals surface area contributed by atoms with E-state index in [1.807, 2.05) is 66.7 Å². The largest absolute Gasteiger partial charge is 0.397 e. The van der Waals surface area contributed by atoms with Gasteiger partial charge in [-0.3, -0.25) is 9.97 Å². The molecule has 0 aliphatic carbocycles. The first-order chi connectivity index (χ1) is 14.7. The summed E-state index contributed by atoms with van der Waals surface area (Å²) in [5.41, 5.74) is 17.3. The normalized spacial score (nSPS) is 12.0. The monoisotopic (exact) mass is 393 g/mol. The molecule has 4 aromatic rings. The Labute approximate surface area is 173 Å². The SMILES string of the molecule is N/C(=C\C=C(/N)c1cccc(-c2ccc(-c3ccccn3)nn2)n1)c1ccccn1. The van der Waals surface area contributed by atoms with E-state index in [-0.39, 0.29) is 0 Å². The average Bonchev–Trinajstić information content (AvgIpc) is 2.83. The van der Waals surface area contributed by atoms with Gasteiger partial charge in [0.15, 0.2) is 0 Å². The van der Waals surface area contributed by atoms with Crippen LogP contribution in [0.4, 0.5) is 0 Å². The summed E-state index contributed by atoms with van der Waals surface area (Å²) in [6.07, 6.45) is 6.84. The Morgan fingerprint density at radius 1 is 0.567 bits per heavy atom. The minimum Gasteiger partial charge on any atom is -0.397 e. The second-order valence-electron chi connectivity index (χ2n) is 6.39. The molecule has 4 N–H and O–H groups in total. The van der Waals surface area contributed by atoms with Crippen molar-refractivity contribution in [2.75, 3.05) is 0 Å². The molecule has 0 amide bonds. The molecule has 0 spiro atoms. The Morgan fingerprint density at radius 3 is 1.80 bits per heavy atom. The highest BCUT2D eigenvalue weighted by Crippen LogP contribution is 2.19. The van der Waals surface area contributed by atoms with Crippen molar-refractivity contribution in [1.29, 1.82) is 0 Å². The number of pyridine rings is 3. The molecule has 0 unspecified atom stereocenters. The van der Waals surface area contributed by atoms with Crippen LogP contribution in [0.25, 0.3) is 34.2 Å². The lowest BCUT2D eigenvalue weighted by molar-refractivity contribution is 1.02. The molecule has 0 radical (unpaired) electrons. The number of hydrogen-bond donors (Lipinski definition) is 2. The summed E-state index contributed by atoms with van der Waals surface area (Å²) in [7, 11) is 0. The summed E-state index contributed by atoms with van der Waals surface area (Å²) in [6.45, 7) is 0. The molecule has 4 rings (SSSR count). The predicted molar refractivity (Wildman–Crippen MR) is 117 cm³/mol. The first-order valence-electron chi connectivity index (χ1n) is 9.28. The van der Waals surface area contributed by atoms with E-state index >= 15 is 0 Å². The highest BCUT2D eigenvalue weighted by molar-refractivity contribution is 5.69. The number of rotatable bonds is 5. The number of aromatic nitrogens is 5. The minimum absolute atomic E-state index is 0.480. The fourth-order valence-corrected chi connectivity index (χ4v) is 2.74. The van der Waals surface area contributed by atoms with Crippen LogP contribution in [-0.2, 0) is 0 Å². The summed E-state index contributed by atoms with van der Waals surface area (Å²) in [4.78, 5) is 13.1. The van der Waals surface area contributed by atoms with E-state index in [0.717, 1.165) is 5.69 Å². The molecule has 0 atom stereocenters. The van der Waals surface area contributed by atoms with Crippen molar-refractivity contribution in [2.45, 2.75) is 0 Å². The highest BCUT2D eigenvalue weighted by atomic mass is 15.1. The average molecular weight is 393 g/mol. The van der Waals surface area contributed by atoms with Gasteiger partial charge in [0, 0.05) is 12.4 Å². The third-order valence-electron chi connectivity index (χ3n) is 4.30. The lowest BCUT2D eigenvalue weighted by Gasteiger charge is -2.05. The van der Waals surface area contributed by atoms with E-state index in [4.69, 9.17) is 11.5 Å². The molecule has 0 aromatic carbocycles. The third kappa shape index (κ3) is 4.36. The van der Waals surface area contributed by atoms with Gasteiger partial charge < -0.3 is 11.5 Å². The van der Waals surface area contributed by atoms with E-state index < -0.39 is 0 Å². The molecule has 0 aliphatic heterocycles. The van der Waals surface area contributed by atoms with Gasteiger partial charge in [-0.2, -0.15) is 0 Å². The summed E-state index contributed by atoms with van der Waals surface area (Å²) < 4.78 is 0. The smallest absolute Gasteiger partial charge is 0.111 e. The molecule has 0 aliphatic rings. The van der Waals surface area contributed by atoms with Crippen LogP contribution >= 0.6 is 0 Å². The standard InChI is InChI=1S/C23H19N7/c24-16(18-6-1-3-14-26-18)10-11-17(25)19-8-5-9-21(28-19)23-13-12-22(29-30-23)20-7-2-4-15-27-20/h1-15H,24-25H2/b16-10-,17-11-. The van der Waals surface area contributed by atoms with Crippen molar-refractivity contribution in [1.82, 2.24) is 25.1 Å². The lowest BCUT2D eigenvalue weighted by Crippen LogP contribution is -2.02. The Kier molecular flexibility index (Phi) is 5.52. The zero-order valence-corrected chi connectivity index (χ0v) is 16.1. The van der Waals surface area contributed by atoms with E-state index in [0.29, 0.717) is 39.9 Å². The van der Waals surface area contributed by atoms with Gasteiger partial charge in [0.1, 0.15) is 11.4 Å². The Bertz CT molecular complexity index is 1190. The zero-order chi connectivity index (χ0) is 20.8. The number of nitrogens with two attached hydrogens (primary N) is 2. The maximum absolute atomic E-state index is 6.20. The third-order valence-corrected chi connectivity index (χ3v) is 4.30. The first kappa shape index (κ1) is 18.9. The molecule has 0 saturated heterocycles. The van der Waals surface area contributed by atoms with Crippen LogP contribution in [0.15, 0.2) is 91.3 Å². The van der Waals surface area contributed by atoms with Gasteiger partial charge in [0.2, 0.25) is 0 Å². The van der Waals surface area contributed by atoms with Crippen LogP contribution in [0.1, 0.15) is 11.4 Å². The molecular formula is C23H19N7. The molecule has 4 aromatic heterocycles. The summed E-state index contributed by atoms with van der Waals surface area (Å²) in [6, 6.07) is 20.5. The van der Waals surface area contributed by atoms with Crippen molar-refractivity contribution in [3.05, 3.63) is 103 Å². The van der Waals surface area contributed by atoms with E-state index in [9.17, 15) is 0 Å². The zero-order valence-electron chi connectivity index (χ0n) is 16.1. The fourth-order valence-electron chi connectivity index (χ4n) is 2.74. The molecule has 7 nitrogen and oxygen atoms in total. The van der Waals surface area contributed by atoms with Gasteiger partial charge >= 0.3 is 0 Å². The second-order valence-corrected chi connectivity index (χ2v) is 6.39. The van der Waals surface area contributed by atoms with Crippen LogP contribution in [0, 0.1) is 0 Å². The van der Waals surface area contributed by atoms with Gasteiger partial charge in [-0.1, -0.05) is 18.2 Å². The van der Waals surface area contributed by atoms with Crippen LogP contribution in [0.5, 0.6) is 0 Å². The van der Waals surface area contributed by atoms with E-state index in [1.54, 1.807) is 24.5 Å². The fraction of sp³-hybridized carbons (Fsp3) is 0. The van der Waals surface area contributed by atoms with Crippen molar-refractivity contribution in [3.63, 3.8) is 0 Å². The molecule has 0 bridgehead atoms. The highest BCUT2D eigenvalue weighted by Gasteiger charge is 2.07. The molecule has 4 heterocycles. The maximum atomic E-state index is 6.20. The van der Waals surface area contributed by atoms with Gasteiger partial charge in [-0.05, 0) is 60.7 Å². The minimum atomic E-state index is 0.480. The van der Waals surface area contributed by atoms with Gasteiger partial charge in [0.05, 0.1) is 34.2 Å². The van der Waals surface area contributed by atoms with Crippen molar-refractivity contribution in [2.24, 2.45) is 11.5 Å². The predicted octanol–water partition coefficient (Wildman–Crippen LogP) is 3.30. The van der Waals surface area contributed by atoms with Crippen LogP contribution in [0.2, 0.25) is 0 Å². The summed E-state index contributed by atoms with van der Waals surface area (Å²) in [5.74, 6) is 0. The number of hydrogen-bond acceptors (Lipinski definition) is 7. The first-order valence-corrected chi connectivity index (χ1v) is 9.28. The molecule has 0 fully saturated rings. The Balaban J connectivity index is 1.56.